The number of aryl methyl sites for hydroxylation is 3. The number of rotatable bonds is 4. The lowest BCUT2D eigenvalue weighted by Crippen LogP contribution is -2.52. The molecule has 3 rings (SSSR count). The van der Waals surface area contributed by atoms with Gasteiger partial charge >= 0.3 is 6.03 Å². The highest BCUT2D eigenvalue weighted by molar-refractivity contribution is 5.74. The van der Waals surface area contributed by atoms with Crippen molar-refractivity contribution in [3.63, 3.8) is 0 Å². The van der Waals surface area contributed by atoms with Crippen molar-refractivity contribution in [3.05, 3.63) is 58.7 Å². The van der Waals surface area contributed by atoms with E-state index in [4.69, 9.17) is 4.74 Å². The van der Waals surface area contributed by atoms with E-state index >= 15 is 0 Å². The average Bonchev–Trinajstić information content (AvgIpc) is 2.66. The van der Waals surface area contributed by atoms with Crippen LogP contribution in [0.2, 0.25) is 0 Å². The summed E-state index contributed by atoms with van der Waals surface area (Å²) < 4.78 is 5.70. The highest BCUT2D eigenvalue weighted by atomic mass is 16.5. The number of carbonyl (C=O) groups is 1. The van der Waals surface area contributed by atoms with E-state index in [0.717, 1.165) is 24.4 Å². The van der Waals surface area contributed by atoms with Crippen LogP contribution in [0.1, 0.15) is 22.3 Å². The minimum Gasteiger partial charge on any atom is -0.473 e. The minimum atomic E-state index is -0.0691. The lowest BCUT2D eigenvalue weighted by atomic mass is 10.1. The Morgan fingerprint density at radius 2 is 1.74 bits per heavy atom. The van der Waals surface area contributed by atoms with Crippen molar-refractivity contribution < 1.29 is 9.53 Å². The van der Waals surface area contributed by atoms with E-state index in [0.29, 0.717) is 13.1 Å². The van der Waals surface area contributed by atoms with Crippen LogP contribution in [-0.4, -0.2) is 43.8 Å². The number of benzene rings is 2. The maximum Gasteiger partial charge on any atom is 0.320 e. The molecule has 0 bridgehead atoms. The summed E-state index contributed by atoms with van der Waals surface area (Å²) in [7, 11) is 0. The first-order valence-corrected chi connectivity index (χ1v) is 9.49. The predicted octanol–water partition coefficient (Wildman–Crippen LogP) is 3.79. The van der Waals surface area contributed by atoms with Crippen LogP contribution in [0.3, 0.4) is 0 Å². The minimum absolute atomic E-state index is 0.0691. The molecule has 27 heavy (non-hydrogen) atoms. The van der Waals surface area contributed by atoms with Gasteiger partial charge in [0.15, 0.2) is 6.73 Å². The summed E-state index contributed by atoms with van der Waals surface area (Å²) >= 11 is 0. The van der Waals surface area contributed by atoms with E-state index in [1.165, 1.54) is 22.4 Å². The average molecular weight is 367 g/mol. The van der Waals surface area contributed by atoms with Crippen LogP contribution in [0, 0.1) is 27.7 Å². The van der Waals surface area contributed by atoms with E-state index in [2.05, 4.69) is 55.3 Å². The molecule has 0 radical (unpaired) electrons. The molecule has 5 nitrogen and oxygen atoms in total. The molecule has 2 amide bonds. The number of nitrogens with one attached hydrogen (secondary N) is 1. The zero-order chi connectivity index (χ0) is 19.4. The summed E-state index contributed by atoms with van der Waals surface area (Å²) in [5.74, 6) is 0.806. The van der Waals surface area contributed by atoms with Gasteiger partial charge in [0.1, 0.15) is 5.75 Å². The molecule has 1 N–H and O–H groups in total. The van der Waals surface area contributed by atoms with Crippen molar-refractivity contribution >= 4 is 11.7 Å². The van der Waals surface area contributed by atoms with Gasteiger partial charge in [-0.25, -0.2) is 4.79 Å². The fourth-order valence-corrected chi connectivity index (χ4v) is 3.48. The fourth-order valence-electron chi connectivity index (χ4n) is 3.48. The molecule has 1 fully saturated rings. The van der Waals surface area contributed by atoms with Crippen molar-refractivity contribution in [1.82, 2.24) is 10.2 Å². The Bertz CT molecular complexity index is 811. The molecule has 2 aromatic rings. The molecule has 1 aliphatic rings. The van der Waals surface area contributed by atoms with E-state index < -0.39 is 0 Å². The molecule has 1 saturated heterocycles. The largest absolute Gasteiger partial charge is 0.473 e. The lowest BCUT2D eigenvalue weighted by molar-refractivity contribution is 0.181. The van der Waals surface area contributed by atoms with E-state index in [9.17, 15) is 4.79 Å². The van der Waals surface area contributed by atoms with E-state index in [-0.39, 0.29) is 12.8 Å². The molecule has 0 spiro atoms. The summed E-state index contributed by atoms with van der Waals surface area (Å²) in [6.07, 6.45) is 0. The SMILES string of the molecule is Cc1ccc(OCNC(=O)N2CCN(c3cccc(C)c3C)CC2)c(C)c1. The number of urea groups is 1. The molecule has 0 aromatic heterocycles. The third-order valence-electron chi connectivity index (χ3n) is 5.27. The summed E-state index contributed by atoms with van der Waals surface area (Å²) in [6.45, 7) is 11.6. The smallest absolute Gasteiger partial charge is 0.320 e. The standard InChI is InChI=1S/C22H29N3O2/c1-16-8-9-21(18(3)14-16)27-15-23-22(26)25-12-10-24(11-13-25)20-7-5-6-17(2)19(20)4/h5-9,14H,10-13,15H2,1-4H3,(H,23,26). The first-order valence-electron chi connectivity index (χ1n) is 9.49. The van der Waals surface area contributed by atoms with Crippen molar-refractivity contribution in [2.24, 2.45) is 0 Å². The Morgan fingerprint density at radius 1 is 1.00 bits per heavy atom. The number of amides is 2. The van der Waals surface area contributed by atoms with Crippen molar-refractivity contribution in [2.75, 3.05) is 37.8 Å². The molecule has 5 heteroatoms. The van der Waals surface area contributed by atoms with Crippen LogP contribution in [0.4, 0.5) is 10.5 Å². The molecule has 0 unspecified atom stereocenters. The Kier molecular flexibility index (Phi) is 5.89. The quantitative estimate of drug-likeness (QED) is 0.837. The Morgan fingerprint density at radius 3 is 2.44 bits per heavy atom. The molecular formula is C22H29N3O2. The lowest BCUT2D eigenvalue weighted by Gasteiger charge is -2.37. The first kappa shape index (κ1) is 19.1. The second-order valence-corrected chi connectivity index (χ2v) is 7.23. The van der Waals surface area contributed by atoms with Gasteiger partial charge in [0, 0.05) is 31.9 Å². The van der Waals surface area contributed by atoms with Gasteiger partial charge in [-0.3, -0.25) is 0 Å². The number of nitrogens with zero attached hydrogens (tertiary/aromatic N) is 2. The second kappa shape index (κ2) is 8.33. The summed E-state index contributed by atoms with van der Waals surface area (Å²) in [6, 6.07) is 12.4. The highest BCUT2D eigenvalue weighted by Crippen LogP contribution is 2.24. The molecule has 1 aliphatic heterocycles. The zero-order valence-corrected chi connectivity index (χ0v) is 16.7. The van der Waals surface area contributed by atoms with Gasteiger partial charge in [-0.1, -0.05) is 29.8 Å². The molecule has 0 aliphatic carbocycles. The fraction of sp³-hybridized carbons (Fsp3) is 0.409. The number of hydrogen-bond donors (Lipinski definition) is 1. The van der Waals surface area contributed by atoms with Crippen LogP contribution in [0.5, 0.6) is 5.75 Å². The van der Waals surface area contributed by atoms with Crippen LogP contribution in [0.25, 0.3) is 0 Å². The highest BCUT2D eigenvalue weighted by Gasteiger charge is 2.22. The molecule has 2 aromatic carbocycles. The first-order chi connectivity index (χ1) is 13.0. The number of carbonyl (C=O) groups excluding carboxylic acids is 1. The van der Waals surface area contributed by atoms with Crippen molar-refractivity contribution in [2.45, 2.75) is 27.7 Å². The Labute approximate surface area is 161 Å². The van der Waals surface area contributed by atoms with Crippen molar-refractivity contribution in [3.8, 4) is 5.75 Å². The molecule has 144 valence electrons. The van der Waals surface area contributed by atoms with Crippen molar-refractivity contribution in [1.29, 1.82) is 0 Å². The number of piperazine rings is 1. The number of ether oxygens (including phenoxy) is 1. The normalized spacial score (nSPS) is 14.2. The van der Waals surface area contributed by atoms with E-state index in [1.54, 1.807) is 0 Å². The van der Waals surface area contributed by atoms with Gasteiger partial charge in [-0.2, -0.15) is 0 Å². The van der Waals surface area contributed by atoms with E-state index in [1.807, 2.05) is 24.0 Å². The maximum absolute atomic E-state index is 12.4. The summed E-state index contributed by atoms with van der Waals surface area (Å²) in [4.78, 5) is 16.6. The van der Waals surface area contributed by atoms with Gasteiger partial charge in [-0.05, 0) is 56.5 Å². The molecule has 0 atom stereocenters. The predicted molar refractivity (Wildman–Crippen MR) is 110 cm³/mol. The van der Waals surface area contributed by atoms with Gasteiger partial charge < -0.3 is 19.9 Å². The third kappa shape index (κ3) is 4.54. The Balaban J connectivity index is 1.48. The molecular weight excluding hydrogens is 338 g/mol. The zero-order valence-electron chi connectivity index (χ0n) is 16.7. The van der Waals surface area contributed by atoms with Gasteiger partial charge in [0.2, 0.25) is 0 Å². The third-order valence-corrected chi connectivity index (χ3v) is 5.27. The monoisotopic (exact) mass is 367 g/mol. The van der Waals surface area contributed by atoms with Crippen LogP contribution in [-0.2, 0) is 0 Å². The van der Waals surface area contributed by atoms with Gasteiger partial charge in [0.25, 0.3) is 0 Å². The van der Waals surface area contributed by atoms with Crippen LogP contribution in [0.15, 0.2) is 36.4 Å². The van der Waals surface area contributed by atoms with Crippen LogP contribution >= 0.6 is 0 Å². The number of anilines is 1. The summed E-state index contributed by atoms with van der Waals surface area (Å²) in [5, 5.41) is 2.86. The van der Waals surface area contributed by atoms with Crippen LogP contribution < -0.4 is 15.0 Å². The van der Waals surface area contributed by atoms with Gasteiger partial charge in [-0.15, -0.1) is 0 Å². The molecule has 0 saturated carbocycles. The molecule has 1 heterocycles. The topological polar surface area (TPSA) is 44.8 Å². The number of hydrogen-bond acceptors (Lipinski definition) is 3. The summed E-state index contributed by atoms with van der Waals surface area (Å²) in [5.41, 5.74) is 6.17. The second-order valence-electron chi connectivity index (χ2n) is 7.23. The van der Waals surface area contributed by atoms with Gasteiger partial charge in [0.05, 0.1) is 0 Å². The maximum atomic E-state index is 12.4. The Hall–Kier alpha value is -2.69.